The van der Waals surface area contributed by atoms with Gasteiger partial charge in [0.05, 0.1) is 25.8 Å². The Bertz CT molecular complexity index is 1000. The zero-order valence-electron chi connectivity index (χ0n) is 18.1. The lowest BCUT2D eigenvalue weighted by Gasteiger charge is -2.20. The van der Waals surface area contributed by atoms with Crippen LogP contribution in [-0.4, -0.2) is 45.2 Å². The maximum Gasteiger partial charge on any atom is 0.311 e. The van der Waals surface area contributed by atoms with Gasteiger partial charge in [-0.2, -0.15) is 0 Å². The van der Waals surface area contributed by atoms with Gasteiger partial charge in [0.1, 0.15) is 11.5 Å². The number of methoxy groups -OCH3 is 2. The first-order valence-corrected chi connectivity index (χ1v) is 9.88. The molecule has 2 aromatic rings. The SMILES string of the molecule is COc1ccc(OC)c(N2C[C@@H](C(=O)OCC(=O)Nc3ccc(C)cc3C)CC2=O)c1. The fourth-order valence-corrected chi connectivity index (χ4v) is 3.50. The molecule has 1 aliphatic heterocycles. The maximum absolute atomic E-state index is 12.5. The fourth-order valence-electron chi connectivity index (χ4n) is 3.50. The van der Waals surface area contributed by atoms with E-state index in [0.717, 1.165) is 11.1 Å². The van der Waals surface area contributed by atoms with E-state index in [0.29, 0.717) is 22.9 Å². The molecular formula is C23H26N2O6. The molecule has 0 aromatic heterocycles. The normalized spacial score (nSPS) is 15.5. The summed E-state index contributed by atoms with van der Waals surface area (Å²) >= 11 is 0. The number of benzene rings is 2. The van der Waals surface area contributed by atoms with E-state index in [1.54, 1.807) is 24.3 Å². The van der Waals surface area contributed by atoms with E-state index in [2.05, 4.69) is 5.32 Å². The minimum Gasteiger partial charge on any atom is -0.497 e. The van der Waals surface area contributed by atoms with Crippen molar-refractivity contribution < 1.29 is 28.6 Å². The first kappa shape index (κ1) is 22.1. The van der Waals surface area contributed by atoms with E-state index >= 15 is 0 Å². The molecule has 0 saturated carbocycles. The highest BCUT2D eigenvalue weighted by Gasteiger charge is 2.37. The second-order valence-corrected chi connectivity index (χ2v) is 7.42. The lowest BCUT2D eigenvalue weighted by atomic mass is 10.1. The summed E-state index contributed by atoms with van der Waals surface area (Å²) in [5.41, 5.74) is 3.20. The molecule has 164 valence electrons. The quantitative estimate of drug-likeness (QED) is 0.685. The average molecular weight is 426 g/mol. The van der Waals surface area contributed by atoms with Gasteiger partial charge in [0.15, 0.2) is 6.61 Å². The molecule has 1 N–H and O–H groups in total. The van der Waals surface area contributed by atoms with Crippen LogP contribution in [0.15, 0.2) is 36.4 Å². The van der Waals surface area contributed by atoms with Crippen LogP contribution in [-0.2, 0) is 19.1 Å². The van der Waals surface area contributed by atoms with E-state index in [1.165, 1.54) is 19.1 Å². The van der Waals surface area contributed by atoms with Crippen LogP contribution in [0.5, 0.6) is 11.5 Å². The maximum atomic E-state index is 12.5. The highest BCUT2D eigenvalue weighted by molar-refractivity contribution is 6.01. The third-order valence-electron chi connectivity index (χ3n) is 5.14. The van der Waals surface area contributed by atoms with Crippen LogP contribution in [0.25, 0.3) is 0 Å². The number of hydrogen-bond donors (Lipinski definition) is 1. The number of nitrogens with zero attached hydrogens (tertiary/aromatic N) is 1. The summed E-state index contributed by atoms with van der Waals surface area (Å²) in [6.07, 6.45) is -0.00210. The molecule has 1 heterocycles. The monoisotopic (exact) mass is 426 g/mol. The molecule has 0 spiro atoms. The Morgan fingerprint density at radius 3 is 2.55 bits per heavy atom. The fraction of sp³-hybridized carbons (Fsp3) is 0.348. The lowest BCUT2D eigenvalue weighted by Crippen LogP contribution is -2.28. The molecule has 1 saturated heterocycles. The first-order chi connectivity index (χ1) is 14.8. The molecule has 31 heavy (non-hydrogen) atoms. The third-order valence-corrected chi connectivity index (χ3v) is 5.14. The van der Waals surface area contributed by atoms with Gasteiger partial charge in [0, 0.05) is 24.7 Å². The van der Waals surface area contributed by atoms with Gasteiger partial charge in [0.2, 0.25) is 5.91 Å². The smallest absolute Gasteiger partial charge is 0.311 e. The largest absolute Gasteiger partial charge is 0.497 e. The number of aryl methyl sites for hydroxylation is 2. The van der Waals surface area contributed by atoms with Crippen molar-refractivity contribution in [1.82, 2.24) is 0 Å². The number of carbonyl (C=O) groups excluding carboxylic acids is 3. The van der Waals surface area contributed by atoms with Crippen LogP contribution >= 0.6 is 0 Å². The van der Waals surface area contributed by atoms with Crippen LogP contribution in [0, 0.1) is 19.8 Å². The summed E-state index contributed by atoms with van der Waals surface area (Å²) in [5.74, 6) is -0.858. The molecule has 0 radical (unpaired) electrons. The van der Waals surface area contributed by atoms with E-state index in [4.69, 9.17) is 14.2 Å². The summed E-state index contributed by atoms with van der Waals surface area (Å²) in [6, 6.07) is 10.8. The second kappa shape index (κ2) is 9.51. The van der Waals surface area contributed by atoms with Crippen molar-refractivity contribution in [2.75, 3.05) is 37.6 Å². The van der Waals surface area contributed by atoms with Gasteiger partial charge in [-0.05, 0) is 37.6 Å². The summed E-state index contributed by atoms with van der Waals surface area (Å²) < 4.78 is 15.7. The average Bonchev–Trinajstić information content (AvgIpc) is 3.15. The molecule has 3 rings (SSSR count). The molecule has 8 nitrogen and oxygen atoms in total. The molecular weight excluding hydrogens is 400 g/mol. The van der Waals surface area contributed by atoms with Crippen LogP contribution in [0.3, 0.4) is 0 Å². The molecule has 0 bridgehead atoms. The molecule has 1 fully saturated rings. The summed E-state index contributed by atoms with van der Waals surface area (Å²) in [4.78, 5) is 38.7. The number of hydrogen-bond acceptors (Lipinski definition) is 6. The van der Waals surface area contributed by atoms with E-state index in [9.17, 15) is 14.4 Å². The van der Waals surface area contributed by atoms with Gasteiger partial charge >= 0.3 is 5.97 Å². The summed E-state index contributed by atoms with van der Waals surface area (Å²) in [5, 5.41) is 2.73. The highest BCUT2D eigenvalue weighted by Crippen LogP contribution is 2.36. The Hall–Kier alpha value is -3.55. The van der Waals surface area contributed by atoms with Gasteiger partial charge in [-0.25, -0.2) is 0 Å². The van der Waals surface area contributed by atoms with E-state index < -0.39 is 24.4 Å². The van der Waals surface area contributed by atoms with Crippen molar-refractivity contribution in [2.24, 2.45) is 5.92 Å². The Morgan fingerprint density at radius 1 is 1.10 bits per heavy atom. The molecule has 1 atom stereocenters. The topological polar surface area (TPSA) is 94.2 Å². The summed E-state index contributed by atoms with van der Waals surface area (Å²) in [6.45, 7) is 3.58. The minimum absolute atomic E-state index is 0.00210. The van der Waals surface area contributed by atoms with Crippen molar-refractivity contribution in [2.45, 2.75) is 20.3 Å². The van der Waals surface area contributed by atoms with Crippen molar-refractivity contribution in [3.63, 3.8) is 0 Å². The zero-order valence-corrected chi connectivity index (χ0v) is 18.1. The molecule has 0 aliphatic carbocycles. The van der Waals surface area contributed by atoms with E-state index in [-0.39, 0.29) is 18.9 Å². The third kappa shape index (κ3) is 5.14. The number of carbonyl (C=O) groups is 3. The Kier molecular flexibility index (Phi) is 6.79. The number of esters is 1. The molecule has 0 unspecified atom stereocenters. The number of rotatable bonds is 7. The highest BCUT2D eigenvalue weighted by atomic mass is 16.5. The number of anilines is 2. The Balaban J connectivity index is 1.60. The molecule has 2 aromatic carbocycles. The molecule has 1 aliphatic rings. The van der Waals surface area contributed by atoms with Crippen LogP contribution in [0.2, 0.25) is 0 Å². The Morgan fingerprint density at radius 2 is 1.87 bits per heavy atom. The zero-order chi connectivity index (χ0) is 22.5. The number of ether oxygens (including phenoxy) is 3. The van der Waals surface area contributed by atoms with E-state index in [1.807, 2.05) is 26.0 Å². The van der Waals surface area contributed by atoms with Crippen molar-refractivity contribution in [1.29, 1.82) is 0 Å². The van der Waals surface area contributed by atoms with Gasteiger partial charge in [0.25, 0.3) is 5.91 Å². The van der Waals surface area contributed by atoms with Crippen LogP contribution in [0.1, 0.15) is 17.5 Å². The number of nitrogens with one attached hydrogen (secondary N) is 1. The van der Waals surface area contributed by atoms with Gasteiger partial charge < -0.3 is 24.4 Å². The van der Waals surface area contributed by atoms with Crippen LogP contribution in [0.4, 0.5) is 11.4 Å². The standard InChI is InChI=1S/C23H26N2O6/c1-14-5-7-18(15(2)9-14)24-21(26)13-31-23(28)16-10-22(27)25(12-16)19-11-17(29-3)6-8-20(19)30-4/h5-9,11,16H,10,12-13H2,1-4H3,(H,24,26)/t16-/m0/s1. The van der Waals surface area contributed by atoms with Crippen molar-refractivity contribution in [3.8, 4) is 11.5 Å². The van der Waals surface area contributed by atoms with Gasteiger partial charge in [-0.3, -0.25) is 14.4 Å². The van der Waals surface area contributed by atoms with Gasteiger partial charge in [-0.1, -0.05) is 17.7 Å². The first-order valence-electron chi connectivity index (χ1n) is 9.88. The lowest BCUT2D eigenvalue weighted by molar-refractivity contribution is -0.151. The summed E-state index contributed by atoms with van der Waals surface area (Å²) in [7, 11) is 3.03. The second-order valence-electron chi connectivity index (χ2n) is 7.42. The van der Waals surface area contributed by atoms with Crippen molar-refractivity contribution >= 4 is 29.2 Å². The van der Waals surface area contributed by atoms with Crippen LogP contribution < -0.4 is 19.7 Å². The van der Waals surface area contributed by atoms with Crippen molar-refractivity contribution in [3.05, 3.63) is 47.5 Å². The molecule has 2 amide bonds. The number of amides is 2. The predicted molar refractivity (Wildman–Crippen MR) is 116 cm³/mol. The predicted octanol–water partition coefficient (Wildman–Crippen LogP) is 2.86. The minimum atomic E-state index is -0.669. The molecule has 8 heteroatoms. The Labute approximate surface area is 181 Å². The van der Waals surface area contributed by atoms with Gasteiger partial charge in [-0.15, -0.1) is 0 Å².